The van der Waals surface area contributed by atoms with Crippen LogP contribution in [0.15, 0.2) is 54.7 Å². The summed E-state index contributed by atoms with van der Waals surface area (Å²) in [7, 11) is 0. The molecular formula is C14H16NY-. The van der Waals surface area contributed by atoms with Crippen molar-refractivity contribution in [3.8, 4) is 0 Å². The van der Waals surface area contributed by atoms with E-state index in [1.807, 2.05) is 24.3 Å². The topological polar surface area (TPSA) is 12.9 Å². The fourth-order valence-electron chi connectivity index (χ4n) is 1.11. The maximum absolute atomic E-state index is 3.87. The first kappa shape index (κ1) is 15.3. The fourth-order valence-corrected chi connectivity index (χ4v) is 1.11. The Labute approximate surface area is 123 Å². The van der Waals surface area contributed by atoms with Gasteiger partial charge < -0.3 is 0 Å². The third-order valence-electron chi connectivity index (χ3n) is 1.98. The number of benzene rings is 1. The maximum Gasteiger partial charge on any atom is 0.0222 e. The van der Waals surface area contributed by atoms with Crippen molar-refractivity contribution in [2.24, 2.45) is 0 Å². The van der Waals surface area contributed by atoms with Gasteiger partial charge in [-0.2, -0.15) is 6.07 Å². The van der Waals surface area contributed by atoms with Gasteiger partial charge in [0.1, 0.15) is 0 Å². The number of pyridine rings is 1. The Bertz CT molecular complexity index is 359. The molecule has 81 valence electrons. The summed E-state index contributed by atoms with van der Waals surface area (Å²) in [6.45, 7) is 5.77. The average molecular weight is 287 g/mol. The first-order chi connectivity index (χ1) is 7.33. The first-order valence-corrected chi connectivity index (χ1v) is 5.10. The molecule has 1 heterocycles. The summed E-state index contributed by atoms with van der Waals surface area (Å²) in [5.74, 6) is 0. The molecule has 0 amide bonds. The smallest absolute Gasteiger partial charge is 0.0222 e. The molecule has 1 aromatic heterocycles. The van der Waals surface area contributed by atoms with E-state index in [4.69, 9.17) is 0 Å². The van der Waals surface area contributed by atoms with Gasteiger partial charge in [-0.05, 0) is 12.0 Å². The Balaban J connectivity index is 0.000000267. The van der Waals surface area contributed by atoms with Crippen molar-refractivity contribution in [3.63, 3.8) is 0 Å². The Morgan fingerprint density at radius 2 is 1.62 bits per heavy atom. The van der Waals surface area contributed by atoms with E-state index >= 15 is 0 Å². The van der Waals surface area contributed by atoms with Gasteiger partial charge in [0, 0.05) is 38.9 Å². The van der Waals surface area contributed by atoms with Gasteiger partial charge in [-0.15, -0.1) is 11.8 Å². The maximum atomic E-state index is 3.87. The average Bonchev–Trinajstić information content (AvgIpc) is 2.32. The summed E-state index contributed by atoms with van der Waals surface area (Å²) in [6.07, 6.45) is 2.86. The molecule has 0 N–H and O–H groups in total. The largest absolute Gasteiger partial charge is 0.296 e. The van der Waals surface area contributed by atoms with Crippen LogP contribution >= 0.6 is 0 Å². The van der Waals surface area contributed by atoms with Crippen LogP contribution in [0, 0.1) is 6.92 Å². The SMILES string of the molecule is CCc1ccccc1.[CH2-]c1ccccn1.[Y]. The van der Waals surface area contributed by atoms with E-state index in [0.717, 1.165) is 12.1 Å². The van der Waals surface area contributed by atoms with Crippen LogP contribution in [0.1, 0.15) is 18.2 Å². The molecule has 0 bridgehead atoms. The second-order valence-corrected chi connectivity index (χ2v) is 3.16. The van der Waals surface area contributed by atoms with Crippen molar-refractivity contribution in [1.29, 1.82) is 0 Å². The number of aromatic nitrogens is 1. The molecule has 1 aromatic carbocycles. The van der Waals surface area contributed by atoms with E-state index in [1.165, 1.54) is 5.56 Å². The second-order valence-electron chi connectivity index (χ2n) is 3.16. The Hall–Kier alpha value is -0.656. The predicted molar refractivity (Wildman–Crippen MR) is 64.5 cm³/mol. The molecule has 16 heavy (non-hydrogen) atoms. The Morgan fingerprint density at radius 3 is 1.94 bits per heavy atom. The number of hydrogen-bond donors (Lipinski definition) is 0. The summed E-state index contributed by atoms with van der Waals surface area (Å²) in [6, 6.07) is 16.1. The number of rotatable bonds is 1. The minimum atomic E-state index is 0. The van der Waals surface area contributed by atoms with Crippen molar-refractivity contribution in [1.82, 2.24) is 4.98 Å². The molecule has 0 aliphatic carbocycles. The van der Waals surface area contributed by atoms with Gasteiger partial charge in [0.2, 0.25) is 0 Å². The van der Waals surface area contributed by atoms with Crippen LogP contribution in [0.25, 0.3) is 0 Å². The van der Waals surface area contributed by atoms with Crippen molar-refractivity contribution >= 4 is 0 Å². The van der Waals surface area contributed by atoms with Crippen molar-refractivity contribution in [2.75, 3.05) is 0 Å². The van der Waals surface area contributed by atoms with E-state index in [2.05, 4.69) is 43.1 Å². The van der Waals surface area contributed by atoms with Crippen LogP contribution in [0.2, 0.25) is 0 Å². The van der Waals surface area contributed by atoms with Gasteiger partial charge in [0.25, 0.3) is 0 Å². The summed E-state index contributed by atoms with van der Waals surface area (Å²) in [5.41, 5.74) is 2.23. The Kier molecular flexibility index (Phi) is 9.17. The predicted octanol–water partition coefficient (Wildman–Crippen LogP) is 3.51. The number of nitrogens with zero attached hydrogens (tertiary/aromatic N) is 1. The minimum absolute atomic E-state index is 0. The molecule has 0 saturated heterocycles. The Morgan fingerprint density at radius 1 is 1.00 bits per heavy atom. The molecule has 2 heteroatoms. The van der Waals surface area contributed by atoms with Crippen LogP contribution in [0.3, 0.4) is 0 Å². The normalized spacial score (nSPS) is 8.31. The monoisotopic (exact) mass is 287 g/mol. The van der Waals surface area contributed by atoms with Gasteiger partial charge in [-0.25, -0.2) is 6.92 Å². The van der Waals surface area contributed by atoms with Crippen LogP contribution < -0.4 is 0 Å². The molecule has 1 radical (unpaired) electrons. The number of hydrogen-bond acceptors (Lipinski definition) is 1. The van der Waals surface area contributed by atoms with Crippen LogP contribution in [0.4, 0.5) is 0 Å². The molecule has 0 atom stereocenters. The van der Waals surface area contributed by atoms with Gasteiger partial charge in [-0.3, -0.25) is 4.98 Å². The fraction of sp³-hybridized carbons (Fsp3) is 0.143. The third kappa shape index (κ3) is 6.76. The summed E-state index contributed by atoms with van der Waals surface area (Å²) in [5, 5.41) is 0. The quantitative estimate of drug-likeness (QED) is 0.731. The molecule has 0 spiro atoms. The van der Waals surface area contributed by atoms with Crippen molar-refractivity contribution in [2.45, 2.75) is 13.3 Å². The molecular weight excluding hydrogens is 271 g/mol. The van der Waals surface area contributed by atoms with Crippen molar-refractivity contribution < 1.29 is 32.7 Å². The summed E-state index contributed by atoms with van der Waals surface area (Å²) < 4.78 is 0. The van der Waals surface area contributed by atoms with Crippen LogP contribution in [-0.4, -0.2) is 4.98 Å². The minimum Gasteiger partial charge on any atom is -0.296 e. The van der Waals surface area contributed by atoms with E-state index in [0.29, 0.717) is 0 Å². The molecule has 0 unspecified atom stereocenters. The van der Waals surface area contributed by atoms with Gasteiger partial charge >= 0.3 is 0 Å². The van der Waals surface area contributed by atoms with E-state index in [9.17, 15) is 0 Å². The molecule has 2 rings (SSSR count). The zero-order chi connectivity index (χ0) is 10.9. The van der Waals surface area contributed by atoms with Crippen LogP contribution in [0.5, 0.6) is 0 Å². The molecule has 0 saturated carbocycles. The zero-order valence-corrected chi connectivity index (χ0v) is 12.5. The van der Waals surface area contributed by atoms with Crippen LogP contribution in [-0.2, 0) is 39.1 Å². The van der Waals surface area contributed by atoms with Crippen molar-refractivity contribution in [3.05, 3.63) is 72.9 Å². The van der Waals surface area contributed by atoms with E-state index in [-0.39, 0.29) is 32.7 Å². The molecule has 0 fully saturated rings. The van der Waals surface area contributed by atoms with E-state index < -0.39 is 0 Å². The standard InChI is InChI=1S/C8H10.C6H6N.Y/c1-2-8-6-4-3-5-7-8;1-6-4-2-3-5-7-6;/h3-7H,2H2,1H3;2-5H,1H2;/q;-1;. The molecule has 0 aliphatic heterocycles. The molecule has 2 aromatic rings. The van der Waals surface area contributed by atoms with Gasteiger partial charge in [-0.1, -0.05) is 43.3 Å². The van der Waals surface area contributed by atoms with Gasteiger partial charge in [0.15, 0.2) is 0 Å². The molecule has 1 nitrogen and oxygen atoms in total. The zero-order valence-electron chi connectivity index (χ0n) is 9.63. The van der Waals surface area contributed by atoms with E-state index in [1.54, 1.807) is 6.20 Å². The molecule has 0 aliphatic rings. The van der Waals surface area contributed by atoms with Gasteiger partial charge in [0.05, 0.1) is 0 Å². The summed E-state index contributed by atoms with van der Waals surface area (Å²) in [4.78, 5) is 3.87. The second kappa shape index (κ2) is 9.56. The third-order valence-corrected chi connectivity index (χ3v) is 1.98. The first-order valence-electron chi connectivity index (χ1n) is 5.10. The number of aryl methyl sites for hydroxylation is 1. The summed E-state index contributed by atoms with van der Waals surface area (Å²) >= 11 is 0.